The first-order valence-corrected chi connectivity index (χ1v) is 18.3. The van der Waals surface area contributed by atoms with E-state index in [1.165, 1.54) is 11.4 Å². The van der Waals surface area contributed by atoms with Crippen molar-refractivity contribution in [2.24, 2.45) is 33.8 Å². The summed E-state index contributed by atoms with van der Waals surface area (Å²) in [5.41, 5.74) is 3.97. The lowest BCUT2D eigenvalue weighted by Crippen LogP contribution is -2.63. The van der Waals surface area contributed by atoms with Gasteiger partial charge in [0.2, 0.25) is 27.6 Å². The van der Waals surface area contributed by atoms with Crippen molar-refractivity contribution in [3.63, 3.8) is 0 Å². The molecule has 3 fully saturated rings. The Kier molecular flexibility index (Phi) is 11.3. The van der Waals surface area contributed by atoms with E-state index in [1.54, 1.807) is 4.90 Å². The maximum Gasteiger partial charge on any atom is 0.315 e. The first-order chi connectivity index (χ1) is 21.1. The predicted octanol–water partition coefficient (Wildman–Crippen LogP) is 1.75. The van der Waals surface area contributed by atoms with Crippen LogP contribution in [0.15, 0.2) is 0 Å². The zero-order valence-corrected chi connectivity index (χ0v) is 29.9. The molecule has 262 valence electrons. The molecule has 0 radical (unpaired) electrons. The van der Waals surface area contributed by atoms with Gasteiger partial charge in [0, 0.05) is 26.2 Å². The van der Waals surface area contributed by atoms with Gasteiger partial charge < -0.3 is 26.6 Å². The minimum absolute atomic E-state index is 0.0431. The molecule has 0 bridgehead atoms. The molecular weight excluding hydrogens is 612 g/mol. The molecule has 46 heavy (non-hydrogen) atoms. The summed E-state index contributed by atoms with van der Waals surface area (Å²) in [5, 5.41) is 8.62. The number of hydrogen-bond acceptors (Lipinski definition) is 7. The van der Waals surface area contributed by atoms with Crippen molar-refractivity contribution in [3.05, 3.63) is 0 Å². The summed E-state index contributed by atoms with van der Waals surface area (Å²) in [5.74, 6) is -2.95. The van der Waals surface area contributed by atoms with Crippen molar-refractivity contribution in [2.45, 2.75) is 118 Å². The monoisotopic (exact) mass is 668 g/mol. The minimum Gasteiger partial charge on any atom is -0.363 e. The molecule has 1 unspecified atom stereocenters. The van der Waals surface area contributed by atoms with E-state index in [4.69, 9.17) is 5.73 Å². The third-order valence-electron chi connectivity index (χ3n) is 10.8. The fourth-order valence-electron chi connectivity index (χ4n) is 7.41. The average Bonchev–Trinajstić information content (AvgIpc) is 3.26. The van der Waals surface area contributed by atoms with E-state index >= 15 is 0 Å². The van der Waals surface area contributed by atoms with E-state index in [0.29, 0.717) is 25.8 Å². The number of carbonyl (C=O) groups is 5. The molecule has 0 aromatic rings. The number of nitrogens with zero attached hydrogens (tertiary/aromatic N) is 2. The first-order valence-electron chi connectivity index (χ1n) is 16.5. The number of likely N-dealkylation sites (tertiary alicyclic amines) is 1. The van der Waals surface area contributed by atoms with Gasteiger partial charge in [-0.15, -0.1) is 0 Å². The van der Waals surface area contributed by atoms with Gasteiger partial charge in [-0.1, -0.05) is 74.1 Å². The van der Waals surface area contributed by atoms with E-state index < -0.39 is 68.6 Å². The summed E-state index contributed by atoms with van der Waals surface area (Å²) in [6.07, 6.45) is 6.09. The van der Waals surface area contributed by atoms with Gasteiger partial charge in [0.15, 0.2) is 0 Å². The third kappa shape index (κ3) is 8.21. The molecule has 2 saturated carbocycles. The Labute approximate surface area is 274 Å². The molecule has 1 saturated heterocycles. The summed E-state index contributed by atoms with van der Waals surface area (Å²) in [7, 11) is -2.05. The Balaban J connectivity index is 1.92. The van der Waals surface area contributed by atoms with Crippen LogP contribution in [-0.4, -0.2) is 97.7 Å². The summed E-state index contributed by atoms with van der Waals surface area (Å²) < 4.78 is 25.5. The highest BCUT2D eigenvalue weighted by molar-refractivity contribution is 7.88. The van der Waals surface area contributed by atoms with Crippen LogP contribution in [0, 0.1) is 28.1 Å². The standard InChI is InChI=1S/C32H56N6O7S/c1-10-14-20(24(39)26(33)40)34-27(41)23-22-19(31(22,5)6)17-38(23)28(42)25(32(7)15-12-11-13-16-32)36-29(43)35-21(30(2,3)4)18-37(8)46(9,44)45/h19-23,25H,10-18H2,1-9H3,(H2,33,40)(H,34,41)(H2,35,36,43)/t19-,20?,21+,22-,23-,25+/m0/s1. The number of nitrogens with one attached hydrogen (secondary N) is 3. The van der Waals surface area contributed by atoms with E-state index in [9.17, 15) is 32.4 Å². The number of ketones is 1. The second-order valence-electron chi connectivity index (χ2n) is 15.7. The number of hydrogen-bond donors (Lipinski definition) is 4. The number of nitrogens with two attached hydrogens (primary N) is 1. The maximum atomic E-state index is 14.6. The highest BCUT2D eigenvalue weighted by Crippen LogP contribution is 2.65. The van der Waals surface area contributed by atoms with Gasteiger partial charge in [-0.25, -0.2) is 17.5 Å². The second-order valence-corrected chi connectivity index (χ2v) is 17.8. The Hall–Kier alpha value is -2.74. The van der Waals surface area contributed by atoms with Gasteiger partial charge in [-0.3, -0.25) is 19.2 Å². The number of primary amides is 1. The molecule has 5 N–H and O–H groups in total. The minimum atomic E-state index is -3.50. The lowest BCUT2D eigenvalue weighted by atomic mass is 9.70. The molecule has 0 spiro atoms. The van der Waals surface area contributed by atoms with Crippen LogP contribution in [0.5, 0.6) is 0 Å². The van der Waals surface area contributed by atoms with Crippen LogP contribution in [0.4, 0.5) is 4.79 Å². The molecular formula is C32H56N6O7S. The van der Waals surface area contributed by atoms with Gasteiger partial charge in [0.25, 0.3) is 5.91 Å². The Morgan fingerprint density at radius 2 is 1.59 bits per heavy atom. The normalized spacial score (nSPS) is 25.5. The molecule has 5 amide bonds. The van der Waals surface area contributed by atoms with Crippen molar-refractivity contribution in [2.75, 3.05) is 26.4 Å². The quantitative estimate of drug-likeness (QED) is 0.215. The van der Waals surface area contributed by atoms with E-state index in [1.807, 2.05) is 48.5 Å². The fraction of sp³-hybridized carbons (Fsp3) is 0.844. The number of Topliss-reactive ketones (excluding diaryl/α,β-unsaturated/α-hetero) is 1. The number of urea groups is 1. The first kappa shape index (κ1) is 37.7. The van der Waals surface area contributed by atoms with Crippen LogP contribution in [0.25, 0.3) is 0 Å². The lowest BCUT2D eigenvalue weighted by Gasteiger charge is -2.43. The molecule has 0 aromatic heterocycles. The van der Waals surface area contributed by atoms with Crippen LogP contribution in [-0.2, 0) is 29.2 Å². The molecule has 14 heteroatoms. The highest BCUT2D eigenvalue weighted by Gasteiger charge is 2.70. The van der Waals surface area contributed by atoms with Gasteiger partial charge in [-0.05, 0) is 47.3 Å². The topological polar surface area (TPSA) is 188 Å². The van der Waals surface area contributed by atoms with Crippen LogP contribution < -0.4 is 21.7 Å². The number of rotatable bonds is 13. The second kappa shape index (κ2) is 13.8. The summed E-state index contributed by atoms with van der Waals surface area (Å²) in [4.78, 5) is 67.9. The third-order valence-corrected chi connectivity index (χ3v) is 12.1. The highest BCUT2D eigenvalue weighted by atomic mass is 32.2. The van der Waals surface area contributed by atoms with Gasteiger partial charge >= 0.3 is 6.03 Å². The smallest absolute Gasteiger partial charge is 0.315 e. The number of fused-ring (bicyclic) bond motifs is 1. The number of piperidine rings is 1. The van der Waals surface area contributed by atoms with Crippen molar-refractivity contribution in [3.8, 4) is 0 Å². The zero-order valence-electron chi connectivity index (χ0n) is 29.1. The molecule has 1 aliphatic heterocycles. The number of carbonyl (C=O) groups excluding carboxylic acids is 5. The van der Waals surface area contributed by atoms with Crippen molar-refractivity contribution in [1.29, 1.82) is 0 Å². The summed E-state index contributed by atoms with van der Waals surface area (Å²) in [6, 6.07) is -4.07. The molecule has 1 heterocycles. The molecule has 3 rings (SSSR count). The number of amides is 5. The summed E-state index contributed by atoms with van der Waals surface area (Å²) >= 11 is 0. The molecule has 2 aliphatic carbocycles. The molecule has 13 nitrogen and oxygen atoms in total. The van der Waals surface area contributed by atoms with Gasteiger partial charge in [-0.2, -0.15) is 0 Å². The lowest BCUT2D eigenvalue weighted by molar-refractivity contribution is -0.145. The summed E-state index contributed by atoms with van der Waals surface area (Å²) in [6.45, 7) is 14.0. The van der Waals surface area contributed by atoms with Gasteiger partial charge in [0.05, 0.1) is 12.3 Å². The van der Waals surface area contributed by atoms with E-state index in [-0.39, 0.29) is 36.1 Å². The predicted molar refractivity (Wildman–Crippen MR) is 175 cm³/mol. The number of likely N-dealkylation sites (N-methyl/N-ethyl adjacent to an activating group) is 1. The largest absolute Gasteiger partial charge is 0.363 e. The van der Waals surface area contributed by atoms with Crippen LogP contribution in [0.1, 0.15) is 93.4 Å². The fourth-order valence-corrected chi connectivity index (χ4v) is 7.83. The number of sulfonamides is 1. The van der Waals surface area contributed by atoms with Crippen LogP contribution in [0.3, 0.4) is 0 Å². The zero-order chi connectivity index (χ0) is 35.0. The van der Waals surface area contributed by atoms with E-state index in [2.05, 4.69) is 16.0 Å². The Bertz CT molecular complexity index is 1300. The molecule has 0 aromatic carbocycles. The van der Waals surface area contributed by atoms with Crippen LogP contribution >= 0.6 is 0 Å². The van der Waals surface area contributed by atoms with Crippen LogP contribution in [0.2, 0.25) is 0 Å². The van der Waals surface area contributed by atoms with Crippen molar-refractivity contribution in [1.82, 2.24) is 25.2 Å². The molecule has 3 aliphatic rings. The average molecular weight is 669 g/mol. The Morgan fingerprint density at radius 3 is 2.09 bits per heavy atom. The van der Waals surface area contributed by atoms with Crippen molar-refractivity contribution < 1.29 is 32.4 Å². The van der Waals surface area contributed by atoms with E-state index in [0.717, 1.165) is 25.5 Å². The molecule has 6 atom stereocenters. The van der Waals surface area contributed by atoms with Gasteiger partial charge in [0.1, 0.15) is 12.1 Å². The SMILES string of the molecule is CCCC(NC(=O)[C@@H]1[C@@H]2[C@H](CN1C(=O)[C@@H](NC(=O)N[C@H](CN(C)S(C)(=O)=O)C(C)(C)C)C1(C)CCCCC1)C2(C)C)C(=O)C(N)=O. The maximum absolute atomic E-state index is 14.6. The van der Waals surface area contributed by atoms with Crippen molar-refractivity contribution >= 4 is 39.6 Å². The Morgan fingerprint density at radius 1 is 1.00 bits per heavy atom.